The lowest BCUT2D eigenvalue weighted by Crippen LogP contribution is -2.48. The zero-order valence-electron chi connectivity index (χ0n) is 10.6. The summed E-state index contributed by atoms with van der Waals surface area (Å²) in [6.45, 7) is 0.412. The Kier molecular flexibility index (Phi) is 4.40. The number of nitrogens with zero attached hydrogens (tertiary/aromatic N) is 1. The summed E-state index contributed by atoms with van der Waals surface area (Å²) in [5.41, 5.74) is 6.08. The zero-order valence-corrected chi connectivity index (χ0v) is 12.1. The normalized spacial score (nSPS) is 18.9. The number of carboxylic acids is 1. The topological polar surface area (TPSA) is 83.6 Å². The third-order valence-electron chi connectivity index (χ3n) is 3.37. The number of hydrogen-bond donors (Lipinski definition) is 2. The number of anilines is 1. The van der Waals surface area contributed by atoms with Gasteiger partial charge in [-0.05, 0) is 31.4 Å². The molecule has 1 aromatic rings. The average molecular weight is 317 g/mol. The molecule has 1 aliphatic rings. The van der Waals surface area contributed by atoms with Gasteiger partial charge in [-0.3, -0.25) is 4.79 Å². The summed E-state index contributed by atoms with van der Waals surface area (Å²) in [7, 11) is 0. The van der Waals surface area contributed by atoms with Crippen LogP contribution < -0.4 is 5.73 Å². The third-order valence-corrected chi connectivity index (χ3v) is 4.00. The van der Waals surface area contributed by atoms with Crippen LogP contribution in [0.15, 0.2) is 12.1 Å². The monoisotopic (exact) mass is 316 g/mol. The number of halogens is 2. The van der Waals surface area contributed by atoms with Gasteiger partial charge in [-0.1, -0.05) is 23.2 Å². The van der Waals surface area contributed by atoms with Gasteiger partial charge >= 0.3 is 5.97 Å². The summed E-state index contributed by atoms with van der Waals surface area (Å²) in [5, 5.41) is 9.56. The first-order valence-corrected chi connectivity index (χ1v) is 6.95. The Labute approximate surface area is 126 Å². The number of likely N-dealkylation sites (tertiary alicyclic amines) is 1. The third kappa shape index (κ3) is 2.83. The Morgan fingerprint density at radius 3 is 2.40 bits per heavy atom. The maximum atomic E-state index is 12.4. The Morgan fingerprint density at radius 2 is 1.85 bits per heavy atom. The number of hydrogen-bond acceptors (Lipinski definition) is 3. The van der Waals surface area contributed by atoms with Gasteiger partial charge in [0.15, 0.2) is 0 Å². The molecule has 7 heteroatoms. The fraction of sp³-hybridized carbons (Fsp3) is 0.385. The molecule has 20 heavy (non-hydrogen) atoms. The Hall–Kier alpha value is -1.46. The van der Waals surface area contributed by atoms with Crippen molar-refractivity contribution in [3.05, 3.63) is 27.7 Å². The fourth-order valence-corrected chi connectivity index (χ4v) is 2.79. The molecule has 1 fully saturated rings. The highest BCUT2D eigenvalue weighted by Gasteiger charge is 2.32. The molecule has 1 amide bonds. The molecule has 0 unspecified atom stereocenters. The molecule has 0 radical (unpaired) electrons. The van der Waals surface area contributed by atoms with Crippen LogP contribution in [0.4, 0.5) is 5.69 Å². The first-order chi connectivity index (χ1) is 9.41. The van der Waals surface area contributed by atoms with Gasteiger partial charge < -0.3 is 15.7 Å². The van der Waals surface area contributed by atoms with Gasteiger partial charge in [0.1, 0.15) is 6.04 Å². The number of rotatable bonds is 2. The number of benzene rings is 1. The second-order valence-electron chi connectivity index (χ2n) is 4.70. The number of carbonyl (C=O) groups excluding carboxylic acids is 1. The molecule has 1 aromatic carbocycles. The molecule has 3 N–H and O–H groups in total. The molecule has 0 aromatic heterocycles. The Bertz CT molecular complexity index is 540. The van der Waals surface area contributed by atoms with Crippen LogP contribution in [-0.2, 0) is 4.79 Å². The van der Waals surface area contributed by atoms with Crippen LogP contribution in [0.3, 0.4) is 0 Å². The predicted octanol–water partition coefficient (Wildman–Crippen LogP) is 2.65. The lowest BCUT2D eigenvalue weighted by Gasteiger charge is -2.33. The van der Waals surface area contributed by atoms with Gasteiger partial charge in [0.05, 0.1) is 15.7 Å². The van der Waals surface area contributed by atoms with Gasteiger partial charge in [0, 0.05) is 12.1 Å². The van der Waals surface area contributed by atoms with Crippen molar-refractivity contribution in [3.8, 4) is 0 Å². The van der Waals surface area contributed by atoms with Crippen LogP contribution in [-0.4, -0.2) is 34.5 Å². The summed E-state index contributed by atoms with van der Waals surface area (Å²) in [6.07, 6.45) is 2.04. The van der Waals surface area contributed by atoms with E-state index < -0.39 is 12.0 Å². The van der Waals surface area contributed by atoms with Crippen LogP contribution >= 0.6 is 23.2 Å². The van der Waals surface area contributed by atoms with Crippen molar-refractivity contribution in [2.24, 2.45) is 0 Å². The molecular weight excluding hydrogens is 303 g/mol. The van der Waals surface area contributed by atoms with E-state index in [4.69, 9.17) is 28.9 Å². The second kappa shape index (κ2) is 5.89. The summed E-state index contributed by atoms with van der Waals surface area (Å²) >= 11 is 11.8. The number of piperidine rings is 1. The van der Waals surface area contributed by atoms with Gasteiger partial charge in [-0.2, -0.15) is 0 Å². The van der Waals surface area contributed by atoms with E-state index in [1.165, 1.54) is 17.0 Å². The van der Waals surface area contributed by atoms with Crippen molar-refractivity contribution in [2.75, 3.05) is 12.3 Å². The lowest BCUT2D eigenvalue weighted by molar-refractivity contribution is -0.143. The largest absolute Gasteiger partial charge is 0.480 e. The highest BCUT2D eigenvalue weighted by molar-refractivity contribution is 6.39. The van der Waals surface area contributed by atoms with Crippen molar-refractivity contribution in [1.82, 2.24) is 4.90 Å². The van der Waals surface area contributed by atoms with E-state index in [1.54, 1.807) is 0 Å². The van der Waals surface area contributed by atoms with E-state index in [-0.39, 0.29) is 27.2 Å². The molecule has 0 spiro atoms. The first-order valence-electron chi connectivity index (χ1n) is 6.20. The van der Waals surface area contributed by atoms with E-state index in [2.05, 4.69) is 0 Å². The number of carbonyl (C=O) groups is 2. The van der Waals surface area contributed by atoms with Crippen LogP contribution in [0.1, 0.15) is 29.6 Å². The van der Waals surface area contributed by atoms with E-state index >= 15 is 0 Å². The maximum Gasteiger partial charge on any atom is 0.326 e. The van der Waals surface area contributed by atoms with Gasteiger partial charge in [0.25, 0.3) is 5.91 Å². The first kappa shape index (κ1) is 14.9. The number of carboxylic acid groups (broad SMARTS) is 1. The molecule has 1 aliphatic heterocycles. The van der Waals surface area contributed by atoms with Crippen LogP contribution in [0.25, 0.3) is 0 Å². The minimum Gasteiger partial charge on any atom is -0.480 e. The van der Waals surface area contributed by atoms with Gasteiger partial charge in [0.2, 0.25) is 0 Å². The van der Waals surface area contributed by atoms with Crippen molar-refractivity contribution in [1.29, 1.82) is 0 Å². The highest BCUT2D eigenvalue weighted by Crippen LogP contribution is 2.30. The molecular formula is C13H14Cl2N2O3. The van der Waals surface area contributed by atoms with E-state index in [0.717, 1.165) is 12.8 Å². The average Bonchev–Trinajstić information content (AvgIpc) is 2.43. The predicted molar refractivity (Wildman–Crippen MR) is 77.2 cm³/mol. The molecule has 5 nitrogen and oxygen atoms in total. The molecule has 1 saturated heterocycles. The Morgan fingerprint density at radius 1 is 1.25 bits per heavy atom. The van der Waals surface area contributed by atoms with E-state index in [9.17, 15) is 14.7 Å². The quantitative estimate of drug-likeness (QED) is 0.821. The molecule has 1 atom stereocenters. The van der Waals surface area contributed by atoms with E-state index in [1.807, 2.05) is 0 Å². The minimum absolute atomic E-state index is 0.185. The van der Waals surface area contributed by atoms with Gasteiger partial charge in [-0.15, -0.1) is 0 Å². The molecule has 108 valence electrons. The number of nitrogen functional groups attached to an aromatic ring is 1. The minimum atomic E-state index is -0.995. The molecule has 0 saturated carbocycles. The summed E-state index contributed by atoms with van der Waals surface area (Å²) in [5.74, 6) is -1.38. The fourth-order valence-electron chi connectivity index (χ4n) is 2.30. The summed E-state index contributed by atoms with van der Waals surface area (Å²) in [6, 6.07) is 2.03. The summed E-state index contributed by atoms with van der Waals surface area (Å²) in [4.78, 5) is 25.0. The molecule has 2 rings (SSSR count). The van der Waals surface area contributed by atoms with Crippen molar-refractivity contribution < 1.29 is 14.7 Å². The zero-order chi connectivity index (χ0) is 14.9. The SMILES string of the molecule is Nc1c(Cl)cc(C(=O)N2CCCC[C@@H]2C(=O)O)cc1Cl. The molecule has 0 aliphatic carbocycles. The number of aliphatic carboxylic acids is 1. The number of amides is 1. The Balaban J connectivity index is 2.32. The van der Waals surface area contributed by atoms with Crippen LogP contribution in [0.5, 0.6) is 0 Å². The van der Waals surface area contributed by atoms with Crippen LogP contribution in [0.2, 0.25) is 10.0 Å². The van der Waals surface area contributed by atoms with Crippen molar-refractivity contribution >= 4 is 40.8 Å². The summed E-state index contributed by atoms with van der Waals surface area (Å²) < 4.78 is 0. The molecule has 0 bridgehead atoms. The van der Waals surface area contributed by atoms with Crippen molar-refractivity contribution in [2.45, 2.75) is 25.3 Å². The lowest BCUT2D eigenvalue weighted by atomic mass is 10.0. The molecule has 1 heterocycles. The smallest absolute Gasteiger partial charge is 0.326 e. The highest BCUT2D eigenvalue weighted by atomic mass is 35.5. The van der Waals surface area contributed by atoms with E-state index in [0.29, 0.717) is 13.0 Å². The maximum absolute atomic E-state index is 12.4. The standard InChI is InChI=1S/C13H14Cl2N2O3/c14-8-5-7(6-9(15)11(8)16)12(18)17-4-2-1-3-10(17)13(19)20/h5-6,10H,1-4,16H2,(H,19,20)/t10-/m1/s1. The van der Waals surface area contributed by atoms with Gasteiger partial charge in [-0.25, -0.2) is 4.79 Å². The van der Waals surface area contributed by atoms with Crippen LogP contribution in [0, 0.1) is 0 Å². The number of nitrogens with two attached hydrogens (primary N) is 1. The second-order valence-corrected chi connectivity index (χ2v) is 5.52. The van der Waals surface area contributed by atoms with Crippen molar-refractivity contribution in [3.63, 3.8) is 0 Å².